The van der Waals surface area contributed by atoms with Crippen LogP contribution in [0, 0.1) is 0 Å². The standard InChI is InChI=1S/C22H22F5NO2/c1-15(13-29-20-11-8-18(9-12-20)22(25,26)27)28-16(2)17-5-4-6-19(10-7-17)30-14-21(3,23)24/h5-12,16,28H,1,13-14H2,2-3H3/t16-/m1/s1. The first-order valence-electron chi connectivity index (χ1n) is 9.03. The van der Waals surface area contributed by atoms with Crippen LogP contribution in [0.4, 0.5) is 22.0 Å². The van der Waals surface area contributed by atoms with E-state index in [-0.39, 0.29) is 24.2 Å². The minimum atomic E-state index is -4.40. The van der Waals surface area contributed by atoms with Crippen molar-refractivity contribution in [1.82, 2.24) is 5.32 Å². The second kappa shape index (κ2) is 9.67. The molecule has 1 atom stereocenters. The summed E-state index contributed by atoms with van der Waals surface area (Å²) in [6.07, 6.45) is 2.02. The van der Waals surface area contributed by atoms with Gasteiger partial charge >= 0.3 is 6.18 Å². The quantitative estimate of drug-likeness (QED) is 0.400. The topological polar surface area (TPSA) is 30.5 Å². The van der Waals surface area contributed by atoms with Gasteiger partial charge in [-0.25, -0.2) is 8.78 Å². The van der Waals surface area contributed by atoms with E-state index in [0.29, 0.717) is 5.70 Å². The average Bonchev–Trinajstić information content (AvgIpc) is 2.89. The molecule has 0 radical (unpaired) electrons. The van der Waals surface area contributed by atoms with Crippen molar-refractivity contribution < 1.29 is 31.4 Å². The van der Waals surface area contributed by atoms with Crippen molar-refractivity contribution in [3.8, 4) is 5.75 Å². The van der Waals surface area contributed by atoms with Gasteiger partial charge in [0.1, 0.15) is 18.1 Å². The molecule has 1 aromatic carbocycles. The highest BCUT2D eigenvalue weighted by Gasteiger charge is 2.30. The number of benzene rings is 1. The average molecular weight is 427 g/mol. The lowest BCUT2D eigenvalue weighted by Gasteiger charge is -2.18. The summed E-state index contributed by atoms with van der Waals surface area (Å²) in [5.41, 5.74) is 3.42. The molecule has 30 heavy (non-hydrogen) atoms. The Bertz CT molecular complexity index is 870. The molecule has 0 heterocycles. The van der Waals surface area contributed by atoms with Crippen LogP contribution < -0.4 is 10.1 Å². The monoisotopic (exact) mass is 427 g/mol. The lowest BCUT2D eigenvalue weighted by molar-refractivity contribution is -0.137. The molecule has 0 saturated carbocycles. The van der Waals surface area contributed by atoms with E-state index in [2.05, 4.69) is 17.6 Å². The number of halogens is 5. The Morgan fingerprint density at radius 2 is 1.73 bits per heavy atom. The Morgan fingerprint density at radius 3 is 2.33 bits per heavy atom. The molecule has 0 fully saturated rings. The highest BCUT2D eigenvalue weighted by molar-refractivity contribution is 5.35. The fourth-order valence-corrected chi connectivity index (χ4v) is 2.41. The van der Waals surface area contributed by atoms with Gasteiger partial charge in [0.2, 0.25) is 0 Å². The van der Waals surface area contributed by atoms with Crippen LogP contribution in [0.1, 0.15) is 19.4 Å². The van der Waals surface area contributed by atoms with E-state index in [1.165, 1.54) is 18.2 Å². The Kier molecular flexibility index (Phi) is 7.51. The Hall–Kier alpha value is -2.99. The van der Waals surface area contributed by atoms with Crippen LogP contribution in [-0.2, 0) is 10.9 Å². The van der Waals surface area contributed by atoms with Crippen molar-refractivity contribution >= 4 is 0 Å². The number of alkyl halides is 5. The maximum Gasteiger partial charge on any atom is 0.416 e. The van der Waals surface area contributed by atoms with Crippen molar-refractivity contribution in [2.24, 2.45) is 0 Å². The first-order chi connectivity index (χ1) is 13.9. The Balaban J connectivity index is 1.87. The van der Waals surface area contributed by atoms with Gasteiger partial charge in [-0.05, 0) is 48.9 Å². The number of allylic oxidation sites excluding steroid dienone is 3. The van der Waals surface area contributed by atoms with Crippen LogP contribution >= 0.6 is 0 Å². The summed E-state index contributed by atoms with van der Waals surface area (Å²) < 4.78 is 74.0. The maximum absolute atomic E-state index is 12.9. The molecular weight excluding hydrogens is 405 g/mol. The third kappa shape index (κ3) is 7.79. The van der Waals surface area contributed by atoms with E-state index in [4.69, 9.17) is 9.47 Å². The first kappa shape index (κ1) is 23.3. The van der Waals surface area contributed by atoms with Crippen LogP contribution in [-0.4, -0.2) is 25.2 Å². The summed E-state index contributed by atoms with van der Waals surface area (Å²) in [5.74, 6) is -2.39. The number of rotatable bonds is 9. The van der Waals surface area contributed by atoms with Gasteiger partial charge in [0.15, 0.2) is 6.61 Å². The second-order valence-corrected chi connectivity index (χ2v) is 6.83. The molecule has 1 aromatic rings. The molecule has 0 bridgehead atoms. The van der Waals surface area contributed by atoms with Gasteiger partial charge in [0.05, 0.1) is 5.56 Å². The molecule has 1 aliphatic carbocycles. The van der Waals surface area contributed by atoms with E-state index < -0.39 is 24.3 Å². The van der Waals surface area contributed by atoms with Crippen molar-refractivity contribution in [2.75, 3.05) is 13.2 Å². The molecule has 1 aliphatic rings. The van der Waals surface area contributed by atoms with E-state index >= 15 is 0 Å². The lowest BCUT2D eigenvalue weighted by Crippen LogP contribution is -2.29. The molecule has 0 amide bonds. The highest BCUT2D eigenvalue weighted by atomic mass is 19.4. The summed E-state index contributed by atoms with van der Waals surface area (Å²) in [7, 11) is 0. The number of ether oxygens (including phenoxy) is 2. The SMILES string of the molecule is C=C(COc1ccc(C(F)(F)F)cc1)N[C@H](C)C1=CC=C(OCC(C)(F)F)C=C=C1. The maximum atomic E-state index is 12.9. The molecule has 8 heteroatoms. The number of hydrogen-bond donors (Lipinski definition) is 1. The predicted octanol–water partition coefficient (Wildman–Crippen LogP) is 5.78. The van der Waals surface area contributed by atoms with Gasteiger partial charge in [-0.2, -0.15) is 13.2 Å². The molecule has 162 valence electrons. The zero-order chi connectivity index (χ0) is 22.4. The fraction of sp³-hybridized carbons (Fsp3) is 0.318. The largest absolute Gasteiger partial charge is 0.487 e. The van der Waals surface area contributed by atoms with Gasteiger partial charge in [0.25, 0.3) is 5.92 Å². The predicted molar refractivity (Wildman–Crippen MR) is 104 cm³/mol. The van der Waals surface area contributed by atoms with Crippen LogP contribution in [0.25, 0.3) is 0 Å². The van der Waals surface area contributed by atoms with Gasteiger partial charge < -0.3 is 14.8 Å². The fourth-order valence-electron chi connectivity index (χ4n) is 2.41. The summed E-state index contributed by atoms with van der Waals surface area (Å²) in [6.45, 7) is 5.80. The van der Waals surface area contributed by atoms with Gasteiger partial charge in [0, 0.05) is 24.7 Å². The molecule has 2 rings (SSSR count). The third-order valence-corrected chi connectivity index (χ3v) is 3.92. The first-order valence-corrected chi connectivity index (χ1v) is 9.03. The van der Waals surface area contributed by atoms with Crippen LogP contribution in [0.5, 0.6) is 5.75 Å². The molecule has 0 saturated heterocycles. The smallest absolute Gasteiger partial charge is 0.416 e. The summed E-state index contributed by atoms with van der Waals surface area (Å²) in [6, 6.07) is 4.17. The molecule has 1 N–H and O–H groups in total. The third-order valence-electron chi connectivity index (χ3n) is 3.92. The van der Waals surface area contributed by atoms with Crippen LogP contribution in [0.2, 0.25) is 0 Å². The molecular formula is C22H22F5NO2. The van der Waals surface area contributed by atoms with E-state index in [9.17, 15) is 22.0 Å². The minimum Gasteiger partial charge on any atom is -0.487 e. The van der Waals surface area contributed by atoms with Crippen molar-refractivity contribution in [1.29, 1.82) is 0 Å². The summed E-state index contributed by atoms with van der Waals surface area (Å²) in [4.78, 5) is 0. The van der Waals surface area contributed by atoms with E-state index in [1.807, 2.05) is 6.92 Å². The summed E-state index contributed by atoms with van der Waals surface area (Å²) in [5, 5.41) is 3.11. The molecule has 0 aliphatic heterocycles. The highest BCUT2D eigenvalue weighted by Crippen LogP contribution is 2.30. The van der Waals surface area contributed by atoms with Gasteiger partial charge in [-0.15, -0.1) is 5.73 Å². The Labute approximate surface area is 171 Å². The van der Waals surface area contributed by atoms with Crippen molar-refractivity contribution in [3.63, 3.8) is 0 Å². The molecule has 0 spiro atoms. The van der Waals surface area contributed by atoms with Crippen molar-refractivity contribution in [2.45, 2.75) is 32.0 Å². The van der Waals surface area contributed by atoms with Crippen LogP contribution in [0.15, 0.2) is 77.9 Å². The lowest BCUT2D eigenvalue weighted by atomic mass is 10.1. The summed E-state index contributed by atoms with van der Waals surface area (Å²) >= 11 is 0. The van der Waals surface area contributed by atoms with Crippen LogP contribution in [0.3, 0.4) is 0 Å². The Morgan fingerprint density at radius 1 is 1.07 bits per heavy atom. The normalized spacial score (nSPS) is 15.0. The zero-order valence-electron chi connectivity index (χ0n) is 16.5. The molecule has 3 nitrogen and oxygen atoms in total. The van der Waals surface area contributed by atoms with Gasteiger partial charge in [-0.3, -0.25) is 0 Å². The van der Waals surface area contributed by atoms with Gasteiger partial charge in [-0.1, -0.05) is 12.7 Å². The molecule has 0 unspecified atom stereocenters. The second-order valence-electron chi connectivity index (χ2n) is 6.83. The number of nitrogens with one attached hydrogen (secondary N) is 1. The minimum absolute atomic E-state index is 0.0539. The van der Waals surface area contributed by atoms with E-state index in [1.54, 1.807) is 18.2 Å². The number of hydrogen-bond acceptors (Lipinski definition) is 3. The van der Waals surface area contributed by atoms with Crippen molar-refractivity contribution in [3.05, 3.63) is 83.5 Å². The molecule has 0 aromatic heterocycles. The zero-order valence-corrected chi connectivity index (χ0v) is 16.5. The van der Waals surface area contributed by atoms with E-state index in [0.717, 1.165) is 24.6 Å².